The lowest BCUT2D eigenvalue weighted by molar-refractivity contribution is -0.0493. The number of aliphatic hydroxyl groups excluding tert-OH is 1. The molecular formula is C9H17FIN4O8P. The van der Waals surface area contributed by atoms with E-state index in [-0.39, 0.29) is 16.0 Å². The van der Waals surface area contributed by atoms with Crippen molar-refractivity contribution < 1.29 is 33.1 Å². The zero-order chi connectivity index (χ0) is 16.7. The molecule has 1 saturated heterocycles. The lowest BCUT2D eigenvalue weighted by atomic mass is 10.1. The van der Waals surface area contributed by atoms with Gasteiger partial charge >= 0.3 is 13.5 Å². The first-order valence-corrected chi connectivity index (χ1v) is 8.40. The highest BCUT2D eigenvalue weighted by Gasteiger charge is 2.46. The molecule has 1 aliphatic rings. The van der Waals surface area contributed by atoms with Gasteiger partial charge in [0.05, 0.1) is 10.3 Å². The second-order valence-corrected chi connectivity index (χ2v) is 6.76. The molecule has 4 atom stereocenters. The van der Waals surface area contributed by atoms with E-state index in [1.165, 1.54) is 0 Å². The maximum absolute atomic E-state index is 14.1. The largest absolute Gasteiger partial charge is 0.469 e. The second kappa shape index (κ2) is 8.59. The molecule has 0 spiro atoms. The van der Waals surface area contributed by atoms with Crippen LogP contribution in [0, 0.1) is 3.70 Å². The number of alkyl halides is 1. The summed E-state index contributed by atoms with van der Waals surface area (Å²) in [6.07, 6.45) is -6.76. The van der Waals surface area contributed by atoms with Crippen LogP contribution in [0.2, 0.25) is 0 Å². The average molecular weight is 486 g/mol. The minimum absolute atomic E-state index is 0. The molecule has 0 aliphatic carbocycles. The Morgan fingerprint density at radius 2 is 2.00 bits per heavy atom. The predicted octanol–water partition coefficient (Wildman–Crippen LogP) is -0.829. The van der Waals surface area contributed by atoms with Gasteiger partial charge in [-0.3, -0.25) is 18.9 Å². The van der Waals surface area contributed by atoms with Crippen molar-refractivity contribution in [2.45, 2.75) is 24.6 Å². The van der Waals surface area contributed by atoms with Crippen LogP contribution in [-0.2, 0) is 13.8 Å². The minimum atomic E-state index is -4.81. The highest BCUT2D eigenvalue weighted by Crippen LogP contribution is 2.38. The lowest BCUT2D eigenvalue weighted by Gasteiger charge is -2.17. The van der Waals surface area contributed by atoms with Gasteiger partial charge in [0.15, 0.2) is 12.4 Å². The molecule has 0 saturated carbocycles. The van der Waals surface area contributed by atoms with E-state index in [1.54, 1.807) is 22.6 Å². The fraction of sp³-hybridized carbons (Fsp3) is 0.556. The molecule has 10 N–H and O–H groups in total. The maximum atomic E-state index is 14.1. The van der Waals surface area contributed by atoms with E-state index in [1.807, 2.05) is 4.98 Å². The minimum Gasteiger partial charge on any atom is -0.387 e. The summed E-state index contributed by atoms with van der Waals surface area (Å²) in [5, 5.41) is 9.70. The average Bonchev–Trinajstić information content (AvgIpc) is 2.63. The highest BCUT2D eigenvalue weighted by atomic mass is 127. The van der Waals surface area contributed by atoms with Gasteiger partial charge in [-0.2, -0.15) is 0 Å². The molecule has 24 heavy (non-hydrogen) atoms. The number of halogens is 2. The van der Waals surface area contributed by atoms with E-state index in [9.17, 15) is 23.7 Å². The van der Waals surface area contributed by atoms with Gasteiger partial charge < -0.3 is 31.9 Å². The van der Waals surface area contributed by atoms with Crippen LogP contribution in [0.15, 0.2) is 15.7 Å². The van der Waals surface area contributed by atoms with Crippen molar-refractivity contribution in [1.29, 1.82) is 0 Å². The van der Waals surface area contributed by atoms with Crippen molar-refractivity contribution in [3.8, 4) is 0 Å². The molecule has 0 radical (unpaired) electrons. The molecule has 0 unspecified atom stereocenters. The van der Waals surface area contributed by atoms with Gasteiger partial charge in [0.25, 0.3) is 5.56 Å². The Morgan fingerprint density at radius 3 is 2.50 bits per heavy atom. The van der Waals surface area contributed by atoms with Crippen molar-refractivity contribution in [2.24, 2.45) is 0 Å². The summed E-state index contributed by atoms with van der Waals surface area (Å²) in [5.74, 6) is 0. The number of rotatable bonds is 4. The number of phosphoric acid groups is 1. The number of nitrogens with one attached hydrogen (secondary N) is 1. The van der Waals surface area contributed by atoms with Gasteiger partial charge in [-0.25, -0.2) is 13.8 Å². The lowest BCUT2D eigenvalue weighted by Crippen LogP contribution is -2.37. The van der Waals surface area contributed by atoms with Crippen molar-refractivity contribution in [1.82, 2.24) is 21.9 Å². The number of hydrogen-bond donors (Lipinski definition) is 6. The van der Waals surface area contributed by atoms with E-state index in [4.69, 9.17) is 14.5 Å². The Balaban J connectivity index is 0.00000264. The summed E-state index contributed by atoms with van der Waals surface area (Å²) < 4.78 is 34.9. The van der Waals surface area contributed by atoms with Crippen LogP contribution in [0.1, 0.15) is 6.23 Å². The number of hydrogen-bond acceptors (Lipinski definition) is 8. The predicted molar refractivity (Wildman–Crippen MR) is 86.9 cm³/mol. The third-order valence-corrected chi connectivity index (χ3v) is 4.20. The van der Waals surface area contributed by atoms with Crippen LogP contribution >= 0.6 is 30.4 Å². The van der Waals surface area contributed by atoms with Crippen LogP contribution in [0.4, 0.5) is 4.39 Å². The van der Waals surface area contributed by atoms with Gasteiger partial charge in [0, 0.05) is 6.07 Å². The number of aromatic nitrogens is 2. The van der Waals surface area contributed by atoms with Gasteiger partial charge in [-0.1, -0.05) is 0 Å². The first-order valence-electron chi connectivity index (χ1n) is 5.79. The smallest absolute Gasteiger partial charge is 0.387 e. The van der Waals surface area contributed by atoms with Crippen LogP contribution in [0.5, 0.6) is 0 Å². The summed E-state index contributed by atoms with van der Waals surface area (Å²) >= 11 is 1.62. The second-order valence-electron chi connectivity index (χ2n) is 4.42. The third-order valence-electron chi connectivity index (χ3n) is 2.88. The van der Waals surface area contributed by atoms with Crippen LogP contribution in [-0.4, -0.2) is 49.4 Å². The highest BCUT2D eigenvalue weighted by molar-refractivity contribution is 14.1. The third kappa shape index (κ3) is 5.14. The van der Waals surface area contributed by atoms with E-state index >= 15 is 0 Å². The Labute approximate surface area is 147 Å². The normalized spacial score (nSPS) is 26.5. The van der Waals surface area contributed by atoms with Crippen molar-refractivity contribution in [2.75, 3.05) is 6.61 Å². The topological polar surface area (TPSA) is 221 Å². The molecule has 12 nitrogen and oxygen atoms in total. The number of aliphatic hydroxyl groups is 1. The van der Waals surface area contributed by atoms with Crippen molar-refractivity contribution >= 4 is 30.4 Å². The summed E-state index contributed by atoms with van der Waals surface area (Å²) in [7, 11) is -4.81. The molecule has 15 heteroatoms. The molecule has 1 aromatic rings. The molecule has 0 aromatic carbocycles. The van der Waals surface area contributed by atoms with Gasteiger partial charge in [-0.15, -0.1) is 0 Å². The Kier molecular flexibility index (Phi) is 8.34. The summed E-state index contributed by atoms with van der Waals surface area (Å²) in [6.45, 7) is -0.767. The summed E-state index contributed by atoms with van der Waals surface area (Å²) in [6, 6.07) is 1.03. The SMILES string of the molecule is N.N.O=c1cc(I)n([C@@H]2O[C@H](COP(=O)(O)O)[C@@H](O)[C@H]2F)c(=O)[nH]1. The molecule has 140 valence electrons. The molecule has 2 heterocycles. The van der Waals surface area contributed by atoms with Crippen molar-refractivity contribution in [3.05, 3.63) is 30.6 Å². The monoisotopic (exact) mass is 486 g/mol. The van der Waals surface area contributed by atoms with E-state index in [0.717, 1.165) is 10.6 Å². The molecular weight excluding hydrogens is 469 g/mol. The quantitative estimate of drug-likeness (QED) is 0.176. The zero-order valence-corrected chi connectivity index (χ0v) is 15.1. The van der Waals surface area contributed by atoms with Crippen molar-refractivity contribution in [3.63, 3.8) is 0 Å². The number of phosphoric ester groups is 1. The zero-order valence-electron chi connectivity index (χ0n) is 12.0. The summed E-state index contributed by atoms with van der Waals surface area (Å²) in [4.78, 5) is 42.0. The molecule has 0 bridgehead atoms. The molecule has 1 aromatic heterocycles. The van der Waals surface area contributed by atoms with Gasteiger partial charge in [0.1, 0.15) is 12.2 Å². The maximum Gasteiger partial charge on any atom is 0.469 e. The van der Waals surface area contributed by atoms with Crippen LogP contribution < -0.4 is 23.6 Å². The summed E-state index contributed by atoms with van der Waals surface area (Å²) in [5.41, 5.74) is -1.62. The standard InChI is InChI=1S/C9H11FIN2O8P.2H3N/c10-6-7(15)3(2-20-22(17,18)19)21-8(6)13-4(11)1-5(14)12-9(13)16;;/h1,3,6-8,15H,2H2,(H,12,14,16)(H2,17,18,19);2*1H3/t3-,6-,7-,8-;;/m1../s1. The van der Waals surface area contributed by atoms with Crippen LogP contribution in [0.25, 0.3) is 0 Å². The van der Waals surface area contributed by atoms with E-state index < -0.39 is 50.3 Å². The fourth-order valence-electron chi connectivity index (χ4n) is 1.93. The van der Waals surface area contributed by atoms with Gasteiger partial charge in [0.2, 0.25) is 0 Å². The molecule has 1 aliphatic heterocycles. The van der Waals surface area contributed by atoms with Crippen LogP contribution in [0.3, 0.4) is 0 Å². The Hall–Kier alpha value is -0.710. The molecule has 0 amide bonds. The van der Waals surface area contributed by atoms with E-state index in [0.29, 0.717) is 0 Å². The Morgan fingerprint density at radius 1 is 1.42 bits per heavy atom. The molecule has 2 rings (SSSR count). The first-order chi connectivity index (χ1) is 10.1. The number of ether oxygens (including phenoxy) is 1. The molecule has 1 fully saturated rings. The first kappa shape index (κ1) is 23.3. The number of nitrogens with zero attached hydrogens (tertiary/aromatic N) is 1. The van der Waals surface area contributed by atoms with E-state index in [2.05, 4.69) is 4.52 Å². The van der Waals surface area contributed by atoms with Gasteiger partial charge in [-0.05, 0) is 22.6 Å². The number of H-pyrrole nitrogens is 1. The fourth-order valence-corrected chi connectivity index (χ4v) is 3.05. The number of aromatic amines is 1. The Bertz CT molecular complexity index is 722.